The van der Waals surface area contributed by atoms with Crippen LogP contribution in [0.25, 0.3) is 0 Å². The lowest BCUT2D eigenvalue weighted by molar-refractivity contribution is -0.118. The number of para-hydroxylation sites is 1. The highest BCUT2D eigenvalue weighted by molar-refractivity contribution is 5.95. The van der Waals surface area contributed by atoms with Crippen molar-refractivity contribution in [3.63, 3.8) is 0 Å². The summed E-state index contributed by atoms with van der Waals surface area (Å²) in [5, 5.41) is 3.21. The molecule has 1 aromatic heterocycles. The third kappa shape index (κ3) is 3.24. The highest BCUT2D eigenvalue weighted by Crippen LogP contribution is 2.27. The fourth-order valence-corrected chi connectivity index (χ4v) is 2.74. The first-order chi connectivity index (χ1) is 10.7. The van der Waals surface area contributed by atoms with Crippen LogP contribution in [0.2, 0.25) is 0 Å². The molecule has 0 atom stereocenters. The number of hydrogen-bond acceptors (Lipinski definition) is 4. The van der Waals surface area contributed by atoms with Crippen molar-refractivity contribution in [3.05, 3.63) is 47.9 Å². The Hall–Kier alpha value is -2.43. The van der Waals surface area contributed by atoms with E-state index < -0.39 is 0 Å². The van der Waals surface area contributed by atoms with E-state index in [-0.39, 0.29) is 5.91 Å². The van der Waals surface area contributed by atoms with Crippen molar-refractivity contribution in [3.8, 4) is 0 Å². The number of nitrogens with one attached hydrogen (secondary N) is 1. The van der Waals surface area contributed by atoms with Crippen molar-refractivity contribution >= 4 is 17.4 Å². The standard InChI is InChI=1S/C17H20N4O/c1-13-11-18-12-16(20-13)19-9-4-7-17(22)21-10-8-14-5-2-3-6-15(14)21/h2-3,5-6,11-12H,4,7-10H2,1H3,(H,19,20). The van der Waals surface area contributed by atoms with E-state index in [9.17, 15) is 4.79 Å². The van der Waals surface area contributed by atoms with Gasteiger partial charge < -0.3 is 10.2 Å². The van der Waals surface area contributed by atoms with Crippen LogP contribution in [0.1, 0.15) is 24.1 Å². The second-order valence-electron chi connectivity index (χ2n) is 5.50. The first-order valence-corrected chi connectivity index (χ1v) is 7.65. The predicted molar refractivity (Wildman–Crippen MR) is 87.0 cm³/mol. The van der Waals surface area contributed by atoms with Crippen LogP contribution < -0.4 is 10.2 Å². The van der Waals surface area contributed by atoms with E-state index >= 15 is 0 Å². The lowest BCUT2D eigenvalue weighted by Gasteiger charge is -2.17. The average Bonchev–Trinajstić information content (AvgIpc) is 2.95. The number of nitrogens with zero attached hydrogens (tertiary/aromatic N) is 3. The second kappa shape index (κ2) is 6.56. The lowest BCUT2D eigenvalue weighted by Crippen LogP contribution is -2.29. The molecule has 0 radical (unpaired) electrons. The fourth-order valence-electron chi connectivity index (χ4n) is 2.74. The second-order valence-corrected chi connectivity index (χ2v) is 5.50. The van der Waals surface area contributed by atoms with Crippen LogP contribution >= 0.6 is 0 Å². The first-order valence-electron chi connectivity index (χ1n) is 7.65. The molecule has 0 saturated carbocycles. The van der Waals surface area contributed by atoms with Crippen molar-refractivity contribution in [1.29, 1.82) is 0 Å². The minimum absolute atomic E-state index is 0.196. The third-order valence-electron chi connectivity index (χ3n) is 3.82. The van der Waals surface area contributed by atoms with Crippen LogP contribution in [-0.4, -0.2) is 29.0 Å². The van der Waals surface area contributed by atoms with E-state index in [0.717, 1.165) is 43.1 Å². The number of aryl methyl sites for hydroxylation is 1. The molecule has 1 aliphatic rings. The van der Waals surface area contributed by atoms with Gasteiger partial charge in [-0.05, 0) is 31.4 Å². The highest BCUT2D eigenvalue weighted by atomic mass is 16.2. The van der Waals surface area contributed by atoms with Gasteiger partial charge >= 0.3 is 0 Å². The number of benzene rings is 1. The Morgan fingerprint density at radius 1 is 1.32 bits per heavy atom. The van der Waals surface area contributed by atoms with Crippen LogP contribution in [0.3, 0.4) is 0 Å². The van der Waals surface area contributed by atoms with Gasteiger partial charge in [-0.15, -0.1) is 0 Å². The Bertz CT molecular complexity index is 671. The monoisotopic (exact) mass is 296 g/mol. The van der Waals surface area contributed by atoms with Gasteiger partial charge in [0.2, 0.25) is 5.91 Å². The molecule has 1 amide bonds. The summed E-state index contributed by atoms with van der Waals surface area (Å²) in [4.78, 5) is 22.7. The quantitative estimate of drug-likeness (QED) is 0.862. The molecule has 5 heteroatoms. The molecule has 0 aliphatic carbocycles. The van der Waals surface area contributed by atoms with Crippen LogP contribution in [0, 0.1) is 6.92 Å². The van der Waals surface area contributed by atoms with Gasteiger partial charge in [-0.2, -0.15) is 0 Å². The Kier molecular flexibility index (Phi) is 4.32. The molecule has 2 aromatic rings. The summed E-state index contributed by atoms with van der Waals surface area (Å²) in [5.74, 6) is 0.959. The first kappa shape index (κ1) is 14.5. The summed E-state index contributed by atoms with van der Waals surface area (Å²) in [6, 6.07) is 8.14. The van der Waals surface area contributed by atoms with Crippen molar-refractivity contribution < 1.29 is 4.79 Å². The van der Waals surface area contributed by atoms with Gasteiger partial charge in [0, 0.05) is 31.4 Å². The summed E-state index contributed by atoms with van der Waals surface area (Å²) in [6.45, 7) is 3.43. The summed E-state index contributed by atoms with van der Waals surface area (Å²) < 4.78 is 0. The van der Waals surface area contributed by atoms with E-state index in [1.54, 1.807) is 12.4 Å². The van der Waals surface area contributed by atoms with E-state index in [4.69, 9.17) is 0 Å². The van der Waals surface area contributed by atoms with Gasteiger partial charge in [-0.25, -0.2) is 4.98 Å². The van der Waals surface area contributed by atoms with Crippen LogP contribution in [0.15, 0.2) is 36.7 Å². The van der Waals surface area contributed by atoms with Gasteiger partial charge in [0.05, 0.1) is 11.9 Å². The Morgan fingerprint density at radius 2 is 2.18 bits per heavy atom. The number of fused-ring (bicyclic) bond motifs is 1. The predicted octanol–water partition coefficient (Wildman–Crippen LogP) is 2.57. The molecule has 1 aromatic carbocycles. The van der Waals surface area contributed by atoms with Crippen molar-refractivity contribution in [1.82, 2.24) is 9.97 Å². The third-order valence-corrected chi connectivity index (χ3v) is 3.82. The molecule has 1 N–H and O–H groups in total. The van der Waals surface area contributed by atoms with Gasteiger partial charge in [0.1, 0.15) is 5.82 Å². The summed E-state index contributed by atoms with van der Waals surface area (Å²) >= 11 is 0. The zero-order valence-corrected chi connectivity index (χ0v) is 12.7. The number of hydrogen-bond donors (Lipinski definition) is 1. The van der Waals surface area contributed by atoms with E-state index in [2.05, 4.69) is 21.4 Å². The molecule has 0 spiro atoms. The largest absolute Gasteiger partial charge is 0.369 e. The molecular formula is C17H20N4O. The van der Waals surface area contributed by atoms with Crippen molar-refractivity contribution in [2.75, 3.05) is 23.3 Å². The number of carbonyl (C=O) groups excluding carboxylic acids is 1. The molecule has 3 rings (SSSR count). The normalized spacial score (nSPS) is 13.0. The molecule has 0 bridgehead atoms. The highest BCUT2D eigenvalue weighted by Gasteiger charge is 2.23. The van der Waals surface area contributed by atoms with Gasteiger partial charge in [-0.3, -0.25) is 9.78 Å². The number of amides is 1. The average molecular weight is 296 g/mol. The maximum absolute atomic E-state index is 12.3. The summed E-state index contributed by atoms with van der Waals surface area (Å²) in [6.07, 6.45) is 5.71. The number of anilines is 2. The minimum atomic E-state index is 0.196. The van der Waals surface area contributed by atoms with Crippen molar-refractivity contribution in [2.24, 2.45) is 0 Å². The summed E-state index contributed by atoms with van der Waals surface area (Å²) in [7, 11) is 0. The smallest absolute Gasteiger partial charge is 0.227 e. The Balaban J connectivity index is 1.47. The van der Waals surface area contributed by atoms with Gasteiger partial charge in [0.25, 0.3) is 0 Å². The van der Waals surface area contributed by atoms with Crippen LogP contribution in [-0.2, 0) is 11.2 Å². The maximum Gasteiger partial charge on any atom is 0.227 e. The Labute approximate surface area is 130 Å². The number of rotatable bonds is 5. The van der Waals surface area contributed by atoms with Gasteiger partial charge in [0.15, 0.2) is 0 Å². The molecular weight excluding hydrogens is 276 g/mol. The lowest BCUT2D eigenvalue weighted by atomic mass is 10.2. The zero-order valence-electron chi connectivity index (χ0n) is 12.7. The van der Waals surface area contributed by atoms with E-state index in [1.165, 1.54) is 5.56 Å². The zero-order chi connectivity index (χ0) is 15.4. The van der Waals surface area contributed by atoms with E-state index in [0.29, 0.717) is 6.42 Å². The SMILES string of the molecule is Cc1cncc(NCCCC(=O)N2CCc3ccccc32)n1. The molecule has 0 saturated heterocycles. The maximum atomic E-state index is 12.3. The van der Waals surface area contributed by atoms with Crippen LogP contribution in [0.4, 0.5) is 11.5 Å². The van der Waals surface area contributed by atoms with Crippen LogP contribution in [0.5, 0.6) is 0 Å². The molecule has 0 unspecified atom stereocenters. The Morgan fingerprint density at radius 3 is 3.05 bits per heavy atom. The number of carbonyl (C=O) groups is 1. The summed E-state index contributed by atoms with van der Waals surface area (Å²) in [5.41, 5.74) is 3.23. The molecule has 114 valence electrons. The van der Waals surface area contributed by atoms with Crippen molar-refractivity contribution in [2.45, 2.75) is 26.2 Å². The molecule has 2 heterocycles. The molecule has 1 aliphatic heterocycles. The minimum Gasteiger partial charge on any atom is -0.369 e. The number of aromatic nitrogens is 2. The molecule has 22 heavy (non-hydrogen) atoms. The molecule has 0 fully saturated rings. The topological polar surface area (TPSA) is 58.1 Å². The fraction of sp³-hybridized carbons (Fsp3) is 0.353. The van der Waals surface area contributed by atoms with E-state index in [1.807, 2.05) is 30.0 Å². The molecule has 5 nitrogen and oxygen atoms in total. The van der Waals surface area contributed by atoms with Gasteiger partial charge in [-0.1, -0.05) is 18.2 Å².